The fourth-order valence-electron chi connectivity index (χ4n) is 1.56. The van der Waals surface area contributed by atoms with Gasteiger partial charge < -0.3 is 4.74 Å². The van der Waals surface area contributed by atoms with Gasteiger partial charge in [-0.05, 0) is 30.5 Å². The highest BCUT2D eigenvalue weighted by atomic mass is 32.1. The van der Waals surface area contributed by atoms with E-state index < -0.39 is 0 Å². The first-order valence-electron chi connectivity index (χ1n) is 4.29. The van der Waals surface area contributed by atoms with Crippen molar-refractivity contribution in [3.8, 4) is 5.75 Å². The van der Waals surface area contributed by atoms with E-state index in [0.29, 0.717) is 11.3 Å². The van der Waals surface area contributed by atoms with Gasteiger partial charge in [0, 0.05) is 10.1 Å². The van der Waals surface area contributed by atoms with E-state index in [9.17, 15) is 4.79 Å². The number of hydrogen-bond donors (Lipinski definition) is 0. The van der Waals surface area contributed by atoms with E-state index >= 15 is 0 Å². The molecule has 3 heteroatoms. The molecule has 2 aromatic rings. The van der Waals surface area contributed by atoms with Crippen molar-refractivity contribution in [1.82, 2.24) is 0 Å². The Labute approximate surface area is 86.1 Å². The Morgan fingerprint density at radius 1 is 1.36 bits per heavy atom. The minimum atomic E-state index is 0.0471. The molecule has 0 spiro atoms. The second kappa shape index (κ2) is 3.42. The molecule has 0 saturated carbocycles. The number of benzene rings is 1. The lowest BCUT2D eigenvalue weighted by atomic mass is 10.1. The molecule has 0 radical (unpaired) electrons. The third-order valence-electron chi connectivity index (χ3n) is 2.17. The summed E-state index contributed by atoms with van der Waals surface area (Å²) in [5, 5.41) is 2.97. The summed E-state index contributed by atoms with van der Waals surface area (Å²) < 4.78 is 6.29. The van der Waals surface area contributed by atoms with Gasteiger partial charge in [-0.2, -0.15) is 0 Å². The van der Waals surface area contributed by atoms with Crippen LogP contribution in [0.15, 0.2) is 23.6 Å². The van der Waals surface area contributed by atoms with Crippen LogP contribution in [-0.4, -0.2) is 12.9 Å². The van der Waals surface area contributed by atoms with Crippen molar-refractivity contribution in [2.24, 2.45) is 0 Å². The fraction of sp³-hybridized carbons (Fsp3) is 0.182. The standard InChI is InChI=1S/C11H10O2S/c1-7(12)11-8-5-6-14-10(8)4-3-9(11)13-2/h3-6H,1-2H3. The zero-order valence-electron chi connectivity index (χ0n) is 8.03. The zero-order valence-corrected chi connectivity index (χ0v) is 8.85. The van der Waals surface area contributed by atoms with Crippen LogP contribution in [0.4, 0.5) is 0 Å². The first-order valence-corrected chi connectivity index (χ1v) is 5.17. The van der Waals surface area contributed by atoms with Crippen LogP contribution in [0.25, 0.3) is 10.1 Å². The minimum absolute atomic E-state index is 0.0471. The molecular formula is C11H10O2S. The van der Waals surface area contributed by atoms with E-state index in [2.05, 4.69) is 0 Å². The second-order valence-corrected chi connectivity index (χ2v) is 3.98. The molecule has 0 unspecified atom stereocenters. The molecule has 1 aromatic heterocycles. The smallest absolute Gasteiger partial charge is 0.164 e. The molecule has 0 bridgehead atoms. The number of ketones is 1. The van der Waals surface area contributed by atoms with Gasteiger partial charge in [-0.3, -0.25) is 4.79 Å². The maximum absolute atomic E-state index is 11.5. The van der Waals surface area contributed by atoms with Crippen LogP contribution < -0.4 is 4.74 Å². The topological polar surface area (TPSA) is 26.3 Å². The van der Waals surface area contributed by atoms with Crippen molar-refractivity contribution in [2.75, 3.05) is 7.11 Å². The van der Waals surface area contributed by atoms with Crippen molar-refractivity contribution in [3.05, 3.63) is 29.1 Å². The number of methoxy groups -OCH3 is 1. The summed E-state index contributed by atoms with van der Waals surface area (Å²) in [6.45, 7) is 1.56. The van der Waals surface area contributed by atoms with Crippen molar-refractivity contribution < 1.29 is 9.53 Å². The van der Waals surface area contributed by atoms with Crippen molar-refractivity contribution in [1.29, 1.82) is 0 Å². The molecule has 14 heavy (non-hydrogen) atoms. The molecule has 0 atom stereocenters. The Morgan fingerprint density at radius 2 is 2.14 bits per heavy atom. The molecule has 2 nitrogen and oxygen atoms in total. The minimum Gasteiger partial charge on any atom is -0.496 e. The van der Waals surface area contributed by atoms with Crippen LogP contribution in [0.1, 0.15) is 17.3 Å². The van der Waals surface area contributed by atoms with Crippen LogP contribution in [-0.2, 0) is 0 Å². The molecule has 1 heterocycles. The largest absolute Gasteiger partial charge is 0.496 e. The molecule has 0 saturated heterocycles. The third kappa shape index (κ3) is 1.30. The second-order valence-electron chi connectivity index (χ2n) is 3.03. The first kappa shape index (κ1) is 9.21. The van der Waals surface area contributed by atoms with Gasteiger partial charge in [0.1, 0.15) is 5.75 Å². The van der Waals surface area contributed by atoms with E-state index in [0.717, 1.165) is 10.1 Å². The molecule has 0 fully saturated rings. The SMILES string of the molecule is COc1ccc2sccc2c1C(C)=O. The van der Waals surface area contributed by atoms with Gasteiger partial charge in [0.25, 0.3) is 0 Å². The number of ether oxygens (including phenoxy) is 1. The third-order valence-corrected chi connectivity index (χ3v) is 3.05. The number of rotatable bonds is 2. The van der Waals surface area contributed by atoms with Gasteiger partial charge in [0.15, 0.2) is 5.78 Å². The van der Waals surface area contributed by atoms with E-state index in [-0.39, 0.29) is 5.78 Å². The van der Waals surface area contributed by atoms with E-state index in [1.807, 2.05) is 23.6 Å². The Balaban J connectivity index is 2.82. The van der Waals surface area contributed by atoms with Crippen LogP contribution in [0, 0.1) is 0 Å². The predicted octanol–water partition coefficient (Wildman–Crippen LogP) is 3.11. The van der Waals surface area contributed by atoms with Crippen molar-refractivity contribution in [2.45, 2.75) is 6.92 Å². The molecule has 0 aliphatic heterocycles. The normalized spacial score (nSPS) is 10.4. The monoisotopic (exact) mass is 206 g/mol. The highest BCUT2D eigenvalue weighted by molar-refractivity contribution is 7.17. The highest BCUT2D eigenvalue weighted by Gasteiger charge is 2.12. The van der Waals surface area contributed by atoms with Crippen molar-refractivity contribution in [3.63, 3.8) is 0 Å². The van der Waals surface area contributed by atoms with E-state index in [4.69, 9.17) is 4.74 Å². The van der Waals surface area contributed by atoms with E-state index in [1.54, 1.807) is 25.4 Å². The molecule has 0 aliphatic carbocycles. The summed E-state index contributed by atoms with van der Waals surface area (Å²) in [4.78, 5) is 11.5. The molecular weight excluding hydrogens is 196 g/mol. The quantitative estimate of drug-likeness (QED) is 0.706. The Morgan fingerprint density at radius 3 is 2.79 bits per heavy atom. The summed E-state index contributed by atoms with van der Waals surface area (Å²) in [6, 6.07) is 5.78. The summed E-state index contributed by atoms with van der Waals surface area (Å²) in [6.07, 6.45) is 0. The van der Waals surface area contributed by atoms with Crippen LogP contribution in [0.2, 0.25) is 0 Å². The summed E-state index contributed by atoms with van der Waals surface area (Å²) in [5.74, 6) is 0.703. The lowest BCUT2D eigenvalue weighted by Gasteiger charge is -2.06. The number of carbonyl (C=O) groups excluding carboxylic acids is 1. The summed E-state index contributed by atoms with van der Waals surface area (Å²) in [5.41, 5.74) is 0.686. The van der Waals surface area contributed by atoms with Gasteiger partial charge in [-0.25, -0.2) is 0 Å². The van der Waals surface area contributed by atoms with Gasteiger partial charge >= 0.3 is 0 Å². The maximum Gasteiger partial charge on any atom is 0.164 e. The van der Waals surface area contributed by atoms with Crippen molar-refractivity contribution >= 4 is 27.2 Å². The Kier molecular flexibility index (Phi) is 2.25. The molecule has 0 N–H and O–H groups in total. The average molecular weight is 206 g/mol. The lowest BCUT2D eigenvalue weighted by Crippen LogP contribution is -1.97. The summed E-state index contributed by atoms with van der Waals surface area (Å²) in [7, 11) is 1.58. The Hall–Kier alpha value is -1.35. The predicted molar refractivity (Wildman–Crippen MR) is 58.4 cm³/mol. The zero-order chi connectivity index (χ0) is 10.1. The molecule has 0 aliphatic rings. The number of hydrogen-bond acceptors (Lipinski definition) is 3. The molecule has 2 rings (SSSR count). The highest BCUT2D eigenvalue weighted by Crippen LogP contribution is 2.31. The van der Waals surface area contributed by atoms with Crippen LogP contribution >= 0.6 is 11.3 Å². The number of thiophene rings is 1. The lowest BCUT2D eigenvalue weighted by molar-refractivity contribution is 0.101. The van der Waals surface area contributed by atoms with E-state index in [1.165, 1.54) is 0 Å². The molecule has 1 aromatic carbocycles. The van der Waals surface area contributed by atoms with Gasteiger partial charge in [0.2, 0.25) is 0 Å². The van der Waals surface area contributed by atoms with Crippen LogP contribution in [0.3, 0.4) is 0 Å². The Bertz CT molecular complexity index is 485. The number of Topliss-reactive ketones (excluding diaryl/α,β-unsaturated/α-hetero) is 1. The molecule has 0 amide bonds. The van der Waals surface area contributed by atoms with Gasteiger partial charge in [-0.15, -0.1) is 11.3 Å². The average Bonchev–Trinajstić information content (AvgIpc) is 2.62. The van der Waals surface area contributed by atoms with Gasteiger partial charge in [0.05, 0.1) is 12.7 Å². The first-order chi connectivity index (χ1) is 6.74. The van der Waals surface area contributed by atoms with Gasteiger partial charge in [-0.1, -0.05) is 0 Å². The number of fused-ring (bicyclic) bond motifs is 1. The maximum atomic E-state index is 11.5. The van der Waals surface area contributed by atoms with Crippen LogP contribution in [0.5, 0.6) is 5.75 Å². The summed E-state index contributed by atoms with van der Waals surface area (Å²) >= 11 is 1.63. The molecule has 72 valence electrons. The fourth-order valence-corrected chi connectivity index (χ4v) is 2.35. The number of carbonyl (C=O) groups is 1.